The molecule has 0 aromatic carbocycles. The van der Waals surface area contributed by atoms with E-state index in [1.165, 1.54) is 0 Å². The minimum absolute atomic E-state index is 0.125. The summed E-state index contributed by atoms with van der Waals surface area (Å²) in [5, 5.41) is 10.8. The molecular weight excluding hydrogens is 114 g/mol. The molecule has 0 aliphatic heterocycles. The normalized spacial score (nSPS) is 11.7. The van der Waals surface area contributed by atoms with E-state index in [9.17, 15) is 5.11 Å². The molecule has 0 unspecified atom stereocenters. The molecule has 0 fully saturated rings. The van der Waals surface area contributed by atoms with Gasteiger partial charge >= 0.3 is 0 Å². The van der Waals surface area contributed by atoms with E-state index < -0.39 is 0 Å². The van der Waals surface area contributed by atoms with Gasteiger partial charge in [0.2, 0.25) is 0 Å². The quantitative estimate of drug-likeness (QED) is 0.519. The van der Waals surface area contributed by atoms with Gasteiger partial charge in [0.1, 0.15) is 0 Å². The zero-order chi connectivity index (χ0) is 7.28. The molecule has 0 atom stereocenters. The summed E-state index contributed by atoms with van der Waals surface area (Å²) in [6.07, 6.45) is 2.51. The van der Waals surface area contributed by atoms with E-state index in [0.717, 1.165) is 13.0 Å². The Balaban J connectivity index is 3.70. The maximum atomic E-state index is 10.8. The van der Waals surface area contributed by atoms with Crippen molar-refractivity contribution in [1.29, 1.82) is 0 Å². The Kier molecular flexibility index (Phi) is 3.93. The van der Waals surface area contributed by atoms with Gasteiger partial charge in [-0.1, -0.05) is 13.0 Å². The zero-order valence-corrected chi connectivity index (χ0v) is 6.35. The third-order valence-corrected chi connectivity index (χ3v) is 1.23. The van der Waals surface area contributed by atoms with Crippen LogP contribution in [0.5, 0.6) is 0 Å². The largest absolute Gasteiger partial charge is 0.861 e. The average Bonchev–Trinajstić information content (AvgIpc) is 1.87. The summed E-state index contributed by atoms with van der Waals surface area (Å²) in [5.74, 6) is 0.125. The second-order valence-electron chi connectivity index (χ2n) is 1.96. The minimum Gasteiger partial charge on any atom is -0.861 e. The highest BCUT2D eigenvalue weighted by Crippen LogP contribution is 1.92. The highest BCUT2D eigenvalue weighted by atomic mass is 16.3. The van der Waals surface area contributed by atoms with Crippen molar-refractivity contribution in [2.75, 3.05) is 13.6 Å². The van der Waals surface area contributed by atoms with Crippen LogP contribution in [0, 0.1) is 0 Å². The summed E-state index contributed by atoms with van der Waals surface area (Å²) in [6, 6.07) is 0. The lowest BCUT2D eigenvalue weighted by molar-refractivity contribution is -0.330. The Bertz CT molecular complexity index is 99.1. The van der Waals surface area contributed by atoms with Crippen molar-refractivity contribution in [2.24, 2.45) is 0 Å². The number of hydrogen-bond acceptors (Lipinski definition) is 2. The van der Waals surface area contributed by atoms with Crippen molar-refractivity contribution in [1.82, 2.24) is 4.90 Å². The van der Waals surface area contributed by atoms with Crippen LogP contribution in [0.1, 0.15) is 20.3 Å². The first-order valence-corrected chi connectivity index (χ1v) is 3.30. The Hall–Kier alpha value is -0.660. The summed E-state index contributed by atoms with van der Waals surface area (Å²) in [4.78, 5) is 1.68. The lowest BCUT2D eigenvalue weighted by Crippen LogP contribution is -2.25. The van der Waals surface area contributed by atoms with Crippen LogP contribution >= 0.6 is 0 Å². The number of allylic oxidation sites excluding steroid dienone is 1. The average molecular weight is 128 g/mol. The third-order valence-electron chi connectivity index (χ3n) is 1.23. The third kappa shape index (κ3) is 3.01. The van der Waals surface area contributed by atoms with Gasteiger partial charge in [-0.3, -0.25) is 0 Å². The van der Waals surface area contributed by atoms with Crippen LogP contribution in [-0.4, -0.2) is 18.5 Å². The Labute approximate surface area is 56.8 Å². The Morgan fingerprint density at radius 2 is 2.11 bits per heavy atom. The van der Waals surface area contributed by atoms with E-state index >= 15 is 0 Å². The minimum atomic E-state index is 0.125. The van der Waals surface area contributed by atoms with Gasteiger partial charge in [-0.2, -0.15) is 0 Å². The highest BCUT2D eigenvalue weighted by Gasteiger charge is 1.85. The van der Waals surface area contributed by atoms with Gasteiger partial charge in [0.05, 0.1) is 0 Å². The molecule has 0 aliphatic rings. The Morgan fingerprint density at radius 3 is 2.44 bits per heavy atom. The molecule has 0 bridgehead atoms. The summed E-state index contributed by atoms with van der Waals surface area (Å²) in [7, 11) is 1.80. The maximum absolute atomic E-state index is 10.8. The second kappa shape index (κ2) is 4.24. The van der Waals surface area contributed by atoms with Gasteiger partial charge in [0.15, 0.2) is 0 Å². The van der Waals surface area contributed by atoms with E-state index in [4.69, 9.17) is 0 Å². The SMILES string of the molecule is CCC=C([O-])N(C)CC. The van der Waals surface area contributed by atoms with Gasteiger partial charge < -0.3 is 10.0 Å². The van der Waals surface area contributed by atoms with Crippen molar-refractivity contribution in [3.8, 4) is 0 Å². The van der Waals surface area contributed by atoms with E-state index in [2.05, 4.69) is 0 Å². The fraction of sp³-hybridized carbons (Fsp3) is 0.714. The summed E-state index contributed by atoms with van der Waals surface area (Å²) in [6.45, 7) is 4.71. The molecule has 0 saturated carbocycles. The number of hydrogen-bond donors (Lipinski definition) is 0. The molecule has 2 nitrogen and oxygen atoms in total. The number of nitrogens with zero attached hydrogens (tertiary/aromatic N) is 1. The van der Waals surface area contributed by atoms with Crippen molar-refractivity contribution in [3.05, 3.63) is 12.0 Å². The molecule has 0 amide bonds. The molecule has 0 aromatic heterocycles. The monoisotopic (exact) mass is 128 g/mol. The van der Waals surface area contributed by atoms with Crippen LogP contribution in [0.2, 0.25) is 0 Å². The lowest BCUT2D eigenvalue weighted by atomic mass is 10.4. The molecule has 0 radical (unpaired) electrons. The van der Waals surface area contributed by atoms with Crippen molar-refractivity contribution in [3.63, 3.8) is 0 Å². The van der Waals surface area contributed by atoms with E-state index in [0.29, 0.717) is 0 Å². The molecule has 2 heteroatoms. The van der Waals surface area contributed by atoms with Crippen LogP contribution in [0.15, 0.2) is 12.0 Å². The maximum Gasteiger partial charge on any atom is 0.0134 e. The van der Waals surface area contributed by atoms with Crippen LogP contribution in [0.25, 0.3) is 0 Å². The molecule has 0 spiro atoms. The molecular formula is C7H14NO-. The highest BCUT2D eigenvalue weighted by molar-refractivity contribution is 4.85. The topological polar surface area (TPSA) is 26.3 Å². The van der Waals surface area contributed by atoms with E-state index in [-0.39, 0.29) is 5.88 Å². The standard InChI is InChI=1S/C7H15NO/c1-4-6-7(9)8(3)5-2/h6,9H,4-5H2,1-3H3/p-1. The summed E-state index contributed by atoms with van der Waals surface area (Å²) in [5.41, 5.74) is 0. The molecule has 0 aromatic rings. The molecule has 0 saturated heterocycles. The second-order valence-corrected chi connectivity index (χ2v) is 1.96. The van der Waals surface area contributed by atoms with Gasteiger partial charge in [0, 0.05) is 13.6 Å². The predicted molar refractivity (Wildman–Crippen MR) is 36.7 cm³/mol. The van der Waals surface area contributed by atoms with Crippen LogP contribution in [0.4, 0.5) is 0 Å². The van der Waals surface area contributed by atoms with Crippen molar-refractivity contribution in [2.45, 2.75) is 20.3 Å². The van der Waals surface area contributed by atoms with E-state index in [1.54, 1.807) is 18.0 Å². The van der Waals surface area contributed by atoms with Crippen molar-refractivity contribution < 1.29 is 5.11 Å². The van der Waals surface area contributed by atoms with Gasteiger partial charge in [-0.15, -0.1) is 0 Å². The smallest absolute Gasteiger partial charge is 0.0134 e. The fourth-order valence-electron chi connectivity index (χ4n) is 0.486. The predicted octanol–water partition coefficient (Wildman–Crippen LogP) is 0.550. The van der Waals surface area contributed by atoms with E-state index in [1.807, 2.05) is 13.8 Å². The van der Waals surface area contributed by atoms with Crippen LogP contribution < -0.4 is 5.11 Å². The first-order valence-electron chi connectivity index (χ1n) is 3.30. The molecule has 0 heterocycles. The lowest BCUT2D eigenvalue weighted by Gasteiger charge is -2.24. The van der Waals surface area contributed by atoms with Crippen molar-refractivity contribution >= 4 is 0 Å². The Morgan fingerprint density at radius 1 is 1.56 bits per heavy atom. The summed E-state index contributed by atoms with van der Waals surface area (Å²) < 4.78 is 0. The molecule has 0 N–H and O–H groups in total. The van der Waals surface area contributed by atoms with Gasteiger partial charge in [-0.25, -0.2) is 0 Å². The van der Waals surface area contributed by atoms with Crippen LogP contribution in [0.3, 0.4) is 0 Å². The van der Waals surface area contributed by atoms with Gasteiger partial charge in [0.25, 0.3) is 0 Å². The molecule has 0 rings (SSSR count). The molecule has 0 aliphatic carbocycles. The zero-order valence-electron chi connectivity index (χ0n) is 6.35. The molecule has 9 heavy (non-hydrogen) atoms. The number of rotatable bonds is 3. The summed E-state index contributed by atoms with van der Waals surface area (Å²) >= 11 is 0. The fourth-order valence-corrected chi connectivity index (χ4v) is 0.486. The first-order chi connectivity index (χ1) is 4.22. The first kappa shape index (κ1) is 8.34. The van der Waals surface area contributed by atoms with Crippen LogP contribution in [-0.2, 0) is 0 Å². The molecule has 54 valence electrons. The van der Waals surface area contributed by atoms with Gasteiger partial charge in [-0.05, 0) is 19.2 Å².